The fraction of sp³-hybridized carbons (Fsp3) is 0.583. The lowest BCUT2D eigenvalue weighted by Crippen LogP contribution is -2.63. The van der Waals surface area contributed by atoms with Crippen LogP contribution in [0.3, 0.4) is 0 Å². The van der Waals surface area contributed by atoms with Crippen LogP contribution in [0.4, 0.5) is 29.7 Å². The number of nitrogens with two attached hydrogens (primary N) is 1. The number of cyclic esters (lactones) is 1. The highest BCUT2D eigenvalue weighted by molar-refractivity contribution is 9.10. The Morgan fingerprint density at radius 3 is 2.24 bits per heavy atom. The second kappa shape index (κ2) is 34.3. The second-order valence-corrected chi connectivity index (χ2v) is 24.6. The molecular weight excluding hydrogens is 1320 g/mol. The van der Waals surface area contributed by atoms with Crippen molar-refractivity contribution in [2.75, 3.05) is 68.9 Å². The quantitative estimate of drug-likeness (QED) is 0.00984. The summed E-state index contributed by atoms with van der Waals surface area (Å²) in [5, 5.41) is 28.4. The Morgan fingerprint density at radius 1 is 0.978 bits per heavy atom. The maximum atomic E-state index is 15.8. The Hall–Kier alpha value is -6.14. The Labute approximate surface area is 539 Å². The van der Waals surface area contributed by atoms with Gasteiger partial charge in [0.1, 0.15) is 59.3 Å². The van der Waals surface area contributed by atoms with Crippen molar-refractivity contribution in [2.45, 2.75) is 153 Å². The van der Waals surface area contributed by atoms with Gasteiger partial charge in [-0.3, -0.25) is 29.8 Å². The third-order valence-corrected chi connectivity index (χ3v) is 17.9. The van der Waals surface area contributed by atoms with Crippen molar-refractivity contribution in [1.82, 2.24) is 31.5 Å². The number of aldehydes is 2. The van der Waals surface area contributed by atoms with Crippen molar-refractivity contribution in [2.24, 2.45) is 17.6 Å². The van der Waals surface area contributed by atoms with Crippen molar-refractivity contribution in [3.05, 3.63) is 75.9 Å². The average molecular weight is 1400 g/mol. The SMILES string of the molecule is COc1cc(C/C(C)=C/C=C/[C@@H](OC)[C@@]2(O)C[C@@H]([C@@H](C)[C@@H]3OC3(C)C)OC(=O)N2)cc(N(C)C(=O)COC(=O)[C@H](C)N(C)C(=O)c2cc(F)c(NC(=O)[C@H](CCCNC(N)=O)NC(=O)[C@@H](NC(C=O)CCCCNC(C=O)(CBr)CBr)C(C)C)cc2F)c1Cl. The lowest BCUT2D eigenvalue weighted by atomic mass is 9.86. The smallest absolute Gasteiger partial charge is 0.409 e. The van der Waals surface area contributed by atoms with E-state index < -0.39 is 125 Å². The standard InChI is InChI=1S/C60H84Br2ClF2N9O15/c1-33(2)50(69-38(28-75)17-12-13-21-68-59(30-61,31-62)32-76)53(79)70-42(18-15-20-67-56(66)82)52(78)71-43-26-40(64)39(25-41(43)65)54(80)73(8)36(5)55(81)87-29-48(77)74(9)44-23-37(24-45(85-10)49(44)63)22-34(3)16-14-19-47(86-11)60(84)27-46(88-57(83)72-60)35(4)51-58(6,7)89-51/h14,16,19,23-26,28,32-33,35-36,38,42,46-47,50-51,68-69,84H,12-13,15,17-18,20-22,27,29-31H2,1-11H3,(H,70,79)(H,71,78)(H,72,83)(H3,66,67,82)/b19-14+,34-16+/t35-,36+,38?,42+,46+,47-,50+,51+,60+/m1/s1. The number of likely N-dealkylation sites (N-methyl/N-ethyl adjacent to an activating group) is 2. The Balaban J connectivity index is 1.39. The van der Waals surface area contributed by atoms with Gasteiger partial charge in [-0.1, -0.05) is 94.5 Å². The number of carbonyl (C=O) groups is 9. The number of anilines is 2. The number of ether oxygens (including phenoxy) is 5. The van der Waals surface area contributed by atoms with Crippen molar-refractivity contribution >= 4 is 109 Å². The number of nitrogens with zero attached hydrogens (tertiary/aromatic N) is 2. The van der Waals surface area contributed by atoms with Crippen LogP contribution in [0.25, 0.3) is 0 Å². The van der Waals surface area contributed by atoms with Gasteiger partial charge < -0.3 is 75.2 Å². The van der Waals surface area contributed by atoms with Gasteiger partial charge in [-0.2, -0.15) is 0 Å². The van der Waals surface area contributed by atoms with Crippen molar-refractivity contribution in [1.29, 1.82) is 0 Å². The van der Waals surface area contributed by atoms with Gasteiger partial charge >= 0.3 is 18.1 Å². The number of unbranched alkanes of at least 4 members (excludes halogenated alkanes) is 1. The predicted octanol–water partition coefficient (Wildman–Crippen LogP) is 5.90. The molecule has 4 rings (SSSR count). The number of alkyl carbamates (subject to hydrolysis) is 1. The molecule has 9 atom stereocenters. The van der Waals surface area contributed by atoms with E-state index in [1.807, 2.05) is 27.7 Å². The zero-order chi connectivity index (χ0) is 66.7. The molecule has 2 heterocycles. The average Bonchev–Trinajstić information content (AvgIpc) is 2.74. The van der Waals surface area contributed by atoms with Crippen molar-refractivity contribution < 1.29 is 80.7 Å². The highest BCUT2D eigenvalue weighted by Gasteiger charge is 2.56. The highest BCUT2D eigenvalue weighted by atomic mass is 79.9. The third-order valence-electron chi connectivity index (χ3n) is 15.5. The maximum absolute atomic E-state index is 15.8. The Kier molecular flexibility index (Phi) is 29.1. The molecule has 0 aromatic heterocycles. The molecule has 2 aliphatic heterocycles. The summed E-state index contributed by atoms with van der Waals surface area (Å²) in [5.41, 5.74) is 2.34. The predicted molar refractivity (Wildman–Crippen MR) is 336 cm³/mol. The summed E-state index contributed by atoms with van der Waals surface area (Å²) in [6.45, 7) is 11.9. The van der Waals surface area contributed by atoms with E-state index in [0.29, 0.717) is 66.9 Å². The number of rotatable bonds is 36. The molecule has 1 unspecified atom stereocenters. The summed E-state index contributed by atoms with van der Waals surface area (Å²) < 4.78 is 59.4. The first kappa shape index (κ1) is 75.3. The first-order valence-corrected chi connectivity index (χ1v) is 31.5. The molecule has 89 heavy (non-hydrogen) atoms. The number of hydrogen-bond acceptors (Lipinski definition) is 17. The van der Waals surface area contributed by atoms with Crippen LogP contribution in [0.15, 0.2) is 48.1 Å². The van der Waals surface area contributed by atoms with E-state index in [1.54, 1.807) is 44.2 Å². The maximum Gasteiger partial charge on any atom is 0.409 e. The van der Waals surface area contributed by atoms with E-state index in [-0.39, 0.29) is 59.9 Å². The number of amides is 7. The van der Waals surface area contributed by atoms with Gasteiger partial charge in [-0.25, -0.2) is 23.2 Å². The number of hydrogen-bond donors (Lipinski definition) is 8. The number of nitrogens with one attached hydrogen (secondary N) is 6. The number of alkyl halides is 2. The molecule has 2 aromatic rings. The van der Waals surface area contributed by atoms with Crippen molar-refractivity contribution in [3.63, 3.8) is 0 Å². The van der Waals surface area contributed by atoms with E-state index in [2.05, 4.69) is 63.8 Å². The molecule has 0 radical (unpaired) electrons. The molecule has 0 bridgehead atoms. The molecule has 2 aromatic carbocycles. The van der Waals surface area contributed by atoms with Crippen LogP contribution in [-0.2, 0) is 54.1 Å². The number of aliphatic hydroxyl groups is 1. The van der Waals surface area contributed by atoms with Gasteiger partial charge in [0, 0.05) is 56.8 Å². The van der Waals surface area contributed by atoms with Crippen LogP contribution in [0.5, 0.6) is 5.75 Å². The monoisotopic (exact) mass is 1400 g/mol. The van der Waals surface area contributed by atoms with E-state index in [4.69, 9.17) is 41.0 Å². The summed E-state index contributed by atoms with van der Waals surface area (Å²) in [6.07, 6.45) is 5.77. The van der Waals surface area contributed by atoms with Gasteiger partial charge in [0.2, 0.25) is 11.8 Å². The first-order valence-electron chi connectivity index (χ1n) is 28.9. The summed E-state index contributed by atoms with van der Waals surface area (Å²) in [6, 6.07) is -1.12. The molecule has 494 valence electrons. The Morgan fingerprint density at radius 2 is 1.65 bits per heavy atom. The van der Waals surface area contributed by atoms with E-state index in [1.165, 1.54) is 28.2 Å². The van der Waals surface area contributed by atoms with E-state index >= 15 is 8.78 Å². The van der Waals surface area contributed by atoms with Crippen LogP contribution in [-0.4, -0.2) is 182 Å². The van der Waals surface area contributed by atoms with Gasteiger partial charge in [-0.15, -0.1) is 0 Å². The fourth-order valence-electron chi connectivity index (χ4n) is 9.86. The fourth-order valence-corrected chi connectivity index (χ4v) is 11.8. The van der Waals surface area contributed by atoms with Crippen molar-refractivity contribution in [3.8, 4) is 5.75 Å². The molecule has 24 nitrogen and oxygen atoms in total. The summed E-state index contributed by atoms with van der Waals surface area (Å²) >= 11 is 13.4. The number of allylic oxidation sites excluding steroid dienone is 3. The number of epoxide rings is 1. The molecule has 2 saturated heterocycles. The number of benzene rings is 2. The highest BCUT2D eigenvalue weighted by Crippen LogP contribution is 2.44. The lowest BCUT2D eigenvalue weighted by molar-refractivity contribution is -0.151. The molecule has 2 fully saturated rings. The number of methoxy groups -OCH3 is 2. The molecule has 2 aliphatic rings. The first-order chi connectivity index (χ1) is 41.8. The zero-order valence-electron chi connectivity index (χ0n) is 51.9. The number of urea groups is 1. The van der Waals surface area contributed by atoms with Crippen LogP contribution in [0, 0.1) is 23.5 Å². The second-order valence-electron chi connectivity index (χ2n) is 23.1. The third kappa shape index (κ3) is 21.2. The minimum atomic E-state index is -1.79. The Bertz CT molecular complexity index is 2920. The van der Waals surface area contributed by atoms with Crippen LogP contribution >= 0.6 is 43.5 Å². The lowest BCUT2D eigenvalue weighted by Gasteiger charge is -2.42. The minimum Gasteiger partial charge on any atom is -0.495 e. The molecule has 0 saturated carbocycles. The van der Waals surface area contributed by atoms with Crippen LogP contribution < -0.4 is 47.3 Å². The van der Waals surface area contributed by atoms with Gasteiger partial charge in [0.25, 0.3) is 11.8 Å². The van der Waals surface area contributed by atoms with Gasteiger partial charge in [-0.05, 0) is 96.0 Å². The molecule has 0 spiro atoms. The topological polar surface area (TPSA) is 328 Å². The molecule has 7 amide bonds. The molecule has 0 aliphatic carbocycles. The number of esters is 1. The van der Waals surface area contributed by atoms with Gasteiger partial charge in [0.05, 0.1) is 53.4 Å². The summed E-state index contributed by atoms with van der Waals surface area (Å²) in [5.74, 6) is -7.67. The van der Waals surface area contributed by atoms with Crippen LogP contribution in [0.1, 0.15) is 103 Å². The molecule has 29 heteroatoms. The largest absolute Gasteiger partial charge is 0.495 e. The zero-order valence-corrected chi connectivity index (χ0v) is 55.8. The number of primary amides is 1. The summed E-state index contributed by atoms with van der Waals surface area (Å²) in [7, 11) is 5.30. The van der Waals surface area contributed by atoms with E-state index in [0.717, 1.165) is 28.7 Å². The normalized spacial score (nSPS) is 19.3. The van der Waals surface area contributed by atoms with Gasteiger partial charge in [0.15, 0.2) is 12.3 Å². The number of halogens is 5. The number of carbonyl (C=O) groups excluding carboxylic acids is 9. The van der Waals surface area contributed by atoms with Crippen LogP contribution in [0.2, 0.25) is 5.02 Å². The molecule has 9 N–H and O–H groups in total. The molecular formula is C60H84Br2ClF2N9O15. The minimum absolute atomic E-state index is 0.0155. The summed E-state index contributed by atoms with van der Waals surface area (Å²) in [4.78, 5) is 118. The van der Waals surface area contributed by atoms with E-state index in [9.17, 15) is 48.3 Å².